The molecule has 0 aromatic heterocycles. The smallest absolute Gasteiger partial charge is 0.0925 e. The fraction of sp³-hybridized carbons (Fsp3) is 0.625. The maximum atomic E-state index is 6.35. The fourth-order valence-electron chi connectivity index (χ4n) is 2.88. The molecule has 1 aliphatic rings. The summed E-state index contributed by atoms with van der Waals surface area (Å²) in [6.45, 7) is 2.29. The van der Waals surface area contributed by atoms with Gasteiger partial charge in [0.1, 0.15) is 0 Å². The van der Waals surface area contributed by atoms with Gasteiger partial charge in [-0.05, 0) is 36.5 Å². The van der Waals surface area contributed by atoms with Crippen molar-refractivity contribution < 1.29 is 4.74 Å². The van der Waals surface area contributed by atoms with E-state index in [2.05, 4.69) is 63.0 Å². The Morgan fingerprint density at radius 2 is 2.21 bits per heavy atom. The minimum absolute atomic E-state index is 0.165. The molecular formula is C16H22Br2O. The van der Waals surface area contributed by atoms with Crippen LogP contribution in [0.3, 0.4) is 0 Å². The molecule has 2 rings (SSSR count). The Labute approximate surface area is 133 Å². The van der Waals surface area contributed by atoms with Crippen LogP contribution in [0.4, 0.5) is 0 Å². The van der Waals surface area contributed by atoms with E-state index in [1.54, 1.807) is 0 Å². The van der Waals surface area contributed by atoms with E-state index in [0.717, 1.165) is 15.7 Å². The molecule has 1 aliphatic carbocycles. The lowest BCUT2D eigenvalue weighted by Gasteiger charge is -2.31. The van der Waals surface area contributed by atoms with E-state index in [1.807, 2.05) is 0 Å². The van der Waals surface area contributed by atoms with Gasteiger partial charge in [-0.3, -0.25) is 0 Å². The van der Waals surface area contributed by atoms with Crippen molar-refractivity contribution in [2.45, 2.75) is 51.2 Å². The van der Waals surface area contributed by atoms with E-state index in [4.69, 9.17) is 4.74 Å². The largest absolute Gasteiger partial charge is 0.369 e. The number of benzene rings is 1. The van der Waals surface area contributed by atoms with Gasteiger partial charge in [0, 0.05) is 9.80 Å². The van der Waals surface area contributed by atoms with Crippen LogP contribution in [-0.2, 0) is 4.74 Å². The molecule has 1 aromatic rings. The van der Waals surface area contributed by atoms with E-state index < -0.39 is 0 Å². The topological polar surface area (TPSA) is 9.23 Å². The third-order valence-corrected chi connectivity index (χ3v) is 5.11. The van der Waals surface area contributed by atoms with Crippen molar-refractivity contribution in [1.29, 1.82) is 0 Å². The number of halogens is 2. The van der Waals surface area contributed by atoms with Crippen LogP contribution < -0.4 is 0 Å². The van der Waals surface area contributed by atoms with E-state index in [1.165, 1.54) is 37.7 Å². The molecule has 0 spiro atoms. The van der Waals surface area contributed by atoms with Crippen molar-refractivity contribution in [3.05, 3.63) is 34.3 Å². The molecule has 1 aromatic carbocycles. The molecule has 0 heterocycles. The molecule has 3 heteroatoms. The Morgan fingerprint density at radius 3 is 2.89 bits per heavy atom. The van der Waals surface area contributed by atoms with Crippen LogP contribution in [0.2, 0.25) is 0 Å². The van der Waals surface area contributed by atoms with Gasteiger partial charge in [-0.1, -0.05) is 70.2 Å². The summed E-state index contributed by atoms with van der Waals surface area (Å²) in [4.78, 5) is 0. The quantitative estimate of drug-likeness (QED) is 0.572. The summed E-state index contributed by atoms with van der Waals surface area (Å²) >= 11 is 7.13. The van der Waals surface area contributed by atoms with Gasteiger partial charge in [-0.2, -0.15) is 0 Å². The van der Waals surface area contributed by atoms with Crippen LogP contribution >= 0.6 is 31.9 Å². The summed E-state index contributed by atoms with van der Waals surface area (Å²) < 4.78 is 7.47. The molecule has 0 bridgehead atoms. The average Bonchev–Trinajstić information content (AvgIpc) is 2.45. The highest BCUT2D eigenvalue weighted by atomic mass is 79.9. The number of rotatable bonds is 5. The SMILES string of the molecule is CCC1CCCC(OC(CBr)c2cccc(Br)c2)C1. The summed E-state index contributed by atoms with van der Waals surface area (Å²) in [5.74, 6) is 0.859. The second kappa shape index (κ2) is 7.80. The Balaban J connectivity index is 1.99. The van der Waals surface area contributed by atoms with Crippen molar-refractivity contribution in [2.24, 2.45) is 5.92 Å². The molecule has 19 heavy (non-hydrogen) atoms. The second-order valence-electron chi connectivity index (χ2n) is 5.40. The van der Waals surface area contributed by atoms with Gasteiger partial charge in [-0.25, -0.2) is 0 Å². The lowest BCUT2D eigenvalue weighted by molar-refractivity contribution is -0.0312. The molecule has 3 atom stereocenters. The van der Waals surface area contributed by atoms with E-state index >= 15 is 0 Å². The van der Waals surface area contributed by atoms with Gasteiger partial charge in [0.25, 0.3) is 0 Å². The maximum Gasteiger partial charge on any atom is 0.0925 e. The zero-order valence-electron chi connectivity index (χ0n) is 11.4. The monoisotopic (exact) mass is 388 g/mol. The first-order valence-corrected chi connectivity index (χ1v) is 9.11. The predicted molar refractivity (Wildman–Crippen MR) is 87.8 cm³/mol. The van der Waals surface area contributed by atoms with Gasteiger partial charge in [0.15, 0.2) is 0 Å². The number of alkyl halides is 1. The molecular weight excluding hydrogens is 368 g/mol. The molecule has 0 amide bonds. The van der Waals surface area contributed by atoms with Crippen molar-refractivity contribution in [2.75, 3.05) is 5.33 Å². The number of hydrogen-bond donors (Lipinski definition) is 0. The van der Waals surface area contributed by atoms with Crippen molar-refractivity contribution in [3.63, 3.8) is 0 Å². The van der Waals surface area contributed by atoms with Crippen LogP contribution in [0.25, 0.3) is 0 Å². The van der Waals surface area contributed by atoms with E-state index in [0.29, 0.717) is 6.10 Å². The van der Waals surface area contributed by atoms with Gasteiger partial charge < -0.3 is 4.74 Å². The minimum Gasteiger partial charge on any atom is -0.369 e. The molecule has 1 fully saturated rings. The number of ether oxygens (including phenoxy) is 1. The molecule has 1 nitrogen and oxygen atoms in total. The fourth-order valence-corrected chi connectivity index (χ4v) is 3.82. The summed E-state index contributed by atoms with van der Waals surface area (Å²) in [6.07, 6.45) is 7.03. The summed E-state index contributed by atoms with van der Waals surface area (Å²) in [7, 11) is 0. The average molecular weight is 390 g/mol. The van der Waals surface area contributed by atoms with Gasteiger partial charge >= 0.3 is 0 Å². The lowest BCUT2D eigenvalue weighted by atomic mass is 9.85. The molecule has 1 saturated carbocycles. The molecule has 3 unspecified atom stereocenters. The third kappa shape index (κ3) is 4.57. The van der Waals surface area contributed by atoms with Crippen molar-refractivity contribution in [3.8, 4) is 0 Å². The highest BCUT2D eigenvalue weighted by molar-refractivity contribution is 9.10. The van der Waals surface area contributed by atoms with Gasteiger partial charge in [-0.15, -0.1) is 0 Å². The summed E-state index contributed by atoms with van der Waals surface area (Å²) in [5.41, 5.74) is 1.25. The van der Waals surface area contributed by atoms with Crippen LogP contribution in [-0.4, -0.2) is 11.4 Å². The normalized spacial score (nSPS) is 25.2. The highest BCUT2D eigenvalue weighted by Gasteiger charge is 2.24. The maximum absolute atomic E-state index is 6.35. The number of hydrogen-bond acceptors (Lipinski definition) is 1. The molecule has 0 saturated heterocycles. The van der Waals surface area contributed by atoms with Crippen molar-refractivity contribution in [1.82, 2.24) is 0 Å². The van der Waals surface area contributed by atoms with Crippen LogP contribution in [0.1, 0.15) is 50.7 Å². The highest BCUT2D eigenvalue weighted by Crippen LogP contribution is 2.33. The van der Waals surface area contributed by atoms with Crippen LogP contribution in [0.5, 0.6) is 0 Å². The first-order chi connectivity index (χ1) is 9.22. The summed E-state index contributed by atoms with van der Waals surface area (Å²) in [6, 6.07) is 8.44. The van der Waals surface area contributed by atoms with Crippen LogP contribution in [0.15, 0.2) is 28.7 Å². The molecule has 0 radical (unpaired) electrons. The zero-order valence-corrected chi connectivity index (χ0v) is 14.6. The van der Waals surface area contributed by atoms with E-state index in [-0.39, 0.29) is 6.10 Å². The van der Waals surface area contributed by atoms with Gasteiger partial charge in [0.2, 0.25) is 0 Å². The first-order valence-electron chi connectivity index (χ1n) is 7.19. The first kappa shape index (κ1) is 15.5. The molecule has 106 valence electrons. The third-order valence-electron chi connectivity index (χ3n) is 4.03. The predicted octanol–water partition coefficient (Wildman–Crippen LogP) is 5.87. The molecule has 0 N–H and O–H groups in total. The summed E-state index contributed by atoms with van der Waals surface area (Å²) in [5, 5.41) is 0.858. The zero-order chi connectivity index (χ0) is 13.7. The Bertz CT molecular complexity index is 394. The molecule has 0 aliphatic heterocycles. The second-order valence-corrected chi connectivity index (χ2v) is 6.96. The van der Waals surface area contributed by atoms with Gasteiger partial charge in [0.05, 0.1) is 12.2 Å². The van der Waals surface area contributed by atoms with Crippen molar-refractivity contribution >= 4 is 31.9 Å². The standard InChI is InChI=1S/C16H22Br2O/c1-2-12-5-3-8-15(9-12)19-16(11-17)13-6-4-7-14(18)10-13/h4,6-7,10,12,15-16H,2-3,5,8-9,11H2,1H3. The van der Waals surface area contributed by atoms with Crippen LogP contribution in [0, 0.1) is 5.92 Å². The Hall–Kier alpha value is 0.140. The van der Waals surface area contributed by atoms with E-state index in [9.17, 15) is 0 Å². The lowest BCUT2D eigenvalue weighted by Crippen LogP contribution is -2.25. The minimum atomic E-state index is 0.165. The Morgan fingerprint density at radius 1 is 1.37 bits per heavy atom. The Kier molecular flexibility index (Phi) is 6.37.